The summed E-state index contributed by atoms with van der Waals surface area (Å²) in [7, 11) is 0. The van der Waals surface area contributed by atoms with E-state index in [2.05, 4.69) is 26.4 Å². The van der Waals surface area contributed by atoms with E-state index in [0.717, 1.165) is 12.8 Å². The number of nitrogens with one attached hydrogen (secondary N) is 3. The normalized spacial score (nSPS) is 17.2. The second-order valence-electron chi connectivity index (χ2n) is 5.33. The number of carbonyl (C=O) groups excluding carboxylic acids is 2. The third kappa shape index (κ3) is 6.73. The van der Waals surface area contributed by atoms with Crippen LogP contribution in [0.3, 0.4) is 0 Å². The Balaban J connectivity index is 2.38. The molecule has 108 valence electrons. The molecule has 0 spiro atoms. The van der Waals surface area contributed by atoms with Crippen molar-refractivity contribution in [3.63, 3.8) is 0 Å². The Bertz CT molecular complexity index is 348. The van der Waals surface area contributed by atoms with Gasteiger partial charge in [-0.2, -0.15) is 10.2 Å². The van der Waals surface area contributed by atoms with E-state index in [9.17, 15) is 9.59 Å². The van der Waals surface area contributed by atoms with Crippen molar-refractivity contribution in [2.24, 2.45) is 10.2 Å². The summed E-state index contributed by atoms with van der Waals surface area (Å²) >= 11 is 0. The molecule has 1 fully saturated rings. The molecule has 0 aliphatic heterocycles. The number of nitrogens with zero attached hydrogens (tertiary/aromatic N) is 2. The zero-order chi connectivity index (χ0) is 14.3. The van der Waals surface area contributed by atoms with E-state index in [-0.39, 0.29) is 11.9 Å². The highest BCUT2D eigenvalue weighted by Crippen LogP contribution is 2.21. The van der Waals surface area contributed by atoms with Gasteiger partial charge in [0.25, 0.3) is 0 Å². The summed E-state index contributed by atoms with van der Waals surface area (Å²) in [5.74, 6) is -0.336. The number of azo groups is 1. The molecule has 1 aliphatic carbocycles. The second kappa shape index (κ2) is 7.06. The molecule has 0 heterocycles. The molecule has 7 nitrogen and oxygen atoms in total. The van der Waals surface area contributed by atoms with Gasteiger partial charge in [0.2, 0.25) is 5.91 Å². The minimum absolute atomic E-state index is 0.272. The van der Waals surface area contributed by atoms with Crippen LogP contribution in [0.5, 0.6) is 0 Å². The van der Waals surface area contributed by atoms with Gasteiger partial charge in [-0.3, -0.25) is 10.2 Å². The fraction of sp³-hybridized carbons (Fsp3) is 0.833. The van der Waals surface area contributed by atoms with E-state index >= 15 is 0 Å². The number of hydrogen-bond acceptors (Lipinski definition) is 4. The quantitative estimate of drug-likeness (QED) is 0.538. The molecule has 3 amide bonds. The second-order valence-corrected chi connectivity index (χ2v) is 5.33. The molecular formula is C12H23N5O2. The molecule has 0 aromatic rings. The van der Waals surface area contributed by atoms with E-state index < -0.39 is 11.7 Å². The molecule has 0 bridgehead atoms. The predicted octanol–water partition coefficient (Wildman–Crippen LogP) is 1.86. The first-order chi connectivity index (χ1) is 8.89. The number of hydrazine groups is 1. The molecule has 3 N–H and O–H groups in total. The summed E-state index contributed by atoms with van der Waals surface area (Å²) < 4.78 is 0. The highest BCUT2D eigenvalue weighted by atomic mass is 16.2. The van der Waals surface area contributed by atoms with Crippen molar-refractivity contribution in [3.8, 4) is 0 Å². The van der Waals surface area contributed by atoms with Crippen molar-refractivity contribution in [2.45, 2.75) is 64.6 Å². The molecule has 0 saturated heterocycles. The predicted molar refractivity (Wildman–Crippen MR) is 71.3 cm³/mol. The first-order valence-corrected chi connectivity index (χ1v) is 6.66. The molecule has 19 heavy (non-hydrogen) atoms. The fourth-order valence-corrected chi connectivity index (χ4v) is 1.90. The molecule has 0 aromatic carbocycles. The minimum Gasteiger partial charge on any atom is -0.311 e. The standard InChI is InChI=1S/C12H23N5O2/c1-9(18)14-16-11(19)13-12(2,3)17-15-10-7-5-4-6-8-10/h10H,4-8H2,1-3H3,(H,14,18)(H2,13,16,19). The van der Waals surface area contributed by atoms with Gasteiger partial charge >= 0.3 is 6.03 Å². The van der Waals surface area contributed by atoms with Crippen LogP contribution in [0.4, 0.5) is 4.79 Å². The summed E-state index contributed by atoms with van der Waals surface area (Å²) in [5, 5.41) is 11.1. The molecule has 0 aromatic heterocycles. The van der Waals surface area contributed by atoms with E-state index in [4.69, 9.17) is 0 Å². The number of carbonyl (C=O) groups is 2. The van der Waals surface area contributed by atoms with Crippen LogP contribution in [0.1, 0.15) is 52.9 Å². The first kappa shape index (κ1) is 15.4. The lowest BCUT2D eigenvalue weighted by Gasteiger charge is -2.22. The first-order valence-electron chi connectivity index (χ1n) is 6.66. The third-order valence-electron chi connectivity index (χ3n) is 2.82. The molecule has 0 radical (unpaired) electrons. The lowest BCUT2D eigenvalue weighted by molar-refractivity contribution is -0.119. The maximum absolute atomic E-state index is 11.5. The van der Waals surface area contributed by atoms with E-state index in [0.29, 0.717) is 0 Å². The van der Waals surface area contributed by atoms with Crippen LogP contribution in [0, 0.1) is 0 Å². The highest BCUT2D eigenvalue weighted by Gasteiger charge is 2.21. The van der Waals surface area contributed by atoms with Gasteiger partial charge in [-0.05, 0) is 26.7 Å². The van der Waals surface area contributed by atoms with Crippen LogP contribution in [0.25, 0.3) is 0 Å². The maximum Gasteiger partial charge on any atom is 0.335 e. The smallest absolute Gasteiger partial charge is 0.311 e. The van der Waals surface area contributed by atoms with Crippen LogP contribution in [0.15, 0.2) is 10.2 Å². The Morgan fingerprint density at radius 2 is 1.74 bits per heavy atom. The average Bonchev–Trinajstić information content (AvgIpc) is 2.35. The summed E-state index contributed by atoms with van der Waals surface area (Å²) in [6, 6.07) is -0.240. The van der Waals surface area contributed by atoms with Crippen molar-refractivity contribution in [1.29, 1.82) is 0 Å². The minimum atomic E-state index is -0.792. The zero-order valence-electron chi connectivity index (χ0n) is 11.8. The Kier molecular flexibility index (Phi) is 5.72. The van der Waals surface area contributed by atoms with Crippen LogP contribution >= 0.6 is 0 Å². The Labute approximate surface area is 113 Å². The Morgan fingerprint density at radius 3 is 2.32 bits per heavy atom. The van der Waals surface area contributed by atoms with Crippen LogP contribution in [0.2, 0.25) is 0 Å². The van der Waals surface area contributed by atoms with Gasteiger partial charge in [-0.1, -0.05) is 19.3 Å². The lowest BCUT2D eigenvalue weighted by atomic mass is 9.96. The summed E-state index contributed by atoms with van der Waals surface area (Å²) in [5.41, 5.74) is 3.63. The van der Waals surface area contributed by atoms with Crippen molar-refractivity contribution in [2.75, 3.05) is 0 Å². The summed E-state index contributed by atoms with van der Waals surface area (Å²) in [6.07, 6.45) is 5.79. The molecular weight excluding hydrogens is 246 g/mol. The Morgan fingerprint density at radius 1 is 1.11 bits per heavy atom. The number of urea groups is 1. The van der Waals surface area contributed by atoms with Crippen LogP contribution in [-0.2, 0) is 4.79 Å². The number of hydrogen-bond donors (Lipinski definition) is 3. The van der Waals surface area contributed by atoms with Gasteiger partial charge in [-0.15, -0.1) is 0 Å². The molecule has 7 heteroatoms. The maximum atomic E-state index is 11.5. The third-order valence-corrected chi connectivity index (χ3v) is 2.82. The molecule has 0 atom stereocenters. The van der Waals surface area contributed by atoms with Crippen molar-refractivity contribution < 1.29 is 9.59 Å². The van der Waals surface area contributed by atoms with Crippen molar-refractivity contribution >= 4 is 11.9 Å². The highest BCUT2D eigenvalue weighted by molar-refractivity contribution is 5.79. The van der Waals surface area contributed by atoms with Gasteiger partial charge in [0.1, 0.15) is 5.66 Å². The van der Waals surface area contributed by atoms with Gasteiger partial charge < -0.3 is 5.32 Å². The number of amides is 3. The molecule has 0 unspecified atom stereocenters. The summed E-state index contributed by atoms with van der Waals surface area (Å²) in [6.45, 7) is 4.83. The zero-order valence-corrected chi connectivity index (χ0v) is 11.8. The summed E-state index contributed by atoms with van der Waals surface area (Å²) in [4.78, 5) is 22.1. The average molecular weight is 269 g/mol. The SMILES string of the molecule is CC(=O)NNC(=O)NC(C)(C)N=NC1CCCCC1. The topological polar surface area (TPSA) is 95.0 Å². The Hall–Kier alpha value is -1.66. The van der Waals surface area contributed by atoms with Crippen LogP contribution in [-0.4, -0.2) is 23.6 Å². The monoisotopic (exact) mass is 269 g/mol. The van der Waals surface area contributed by atoms with Crippen molar-refractivity contribution in [1.82, 2.24) is 16.2 Å². The van der Waals surface area contributed by atoms with Crippen molar-refractivity contribution in [3.05, 3.63) is 0 Å². The number of rotatable bonds is 3. The fourth-order valence-electron chi connectivity index (χ4n) is 1.90. The lowest BCUT2D eigenvalue weighted by Crippen LogP contribution is -2.52. The van der Waals surface area contributed by atoms with Gasteiger partial charge in [-0.25, -0.2) is 10.2 Å². The van der Waals surface area contributed by atoms with Gasteiger partial charge in [0.15, 0.2) is 0 Å². The van der Waals surface area contributed by atoms with Gasteiger partial charge in [0, 0.05) is 6.92 Å². The van der Waals surface area contributed by atoms with E-state index in [1.54, 1.807) is 13.8 Å². The van der Waals surface area contributed by atoms with E-state index in [1.165, 1.54) is 26.2 Å². The van der Waals surface area contributed by atoms with Crippen LogP contribution < -0.4 is 16.2 Å². The molecule has 1 rings (SSSR count). The van der Waals surface area contributed by atoms with E-state index in [1.807, 2.05) is 0 Å². The molecule has 1 saturated carbocycles. The molecule has 1 aliphatic rings. The largest absolute Gasteiger partial charge is 0.335 e. The van der Waals surface area contributed by atoms with Gasteiger partial charge in [0.05, 0.1) is 6.04 Å².